The number of imidazole rings is 1. The van der Waals surface area contributed by atoms with Crippen LogP contribution in [0, 0.1) is 0 Å². The fourth-order valence-electron chi connectivity index (χ4n) is 3.32. The first-order valence-electron chi connectivity index (χ1n) is 10.9. The first kappa shape index (κ1) is 25.4. The van der Waals surface area contributed by atoms with E-state index in [1.54, 1.807) is 0 Å². The molecule has 3 aromatic carbocycles. The van der Waals surface area contributed by atoms with Gasteiger partial charge in [-0.1, -0.05) is 72.8 Å². The molecular weight excluding hydrogens is 450 g/mol. The number of rotatable bonds is 9. The van der Waals surface area contributed by atoms with Gasteiger partial charge in [-0.3, -0.25) is 0 Å². The largest absolute Gasteiger partial charge is 0.473 e. The summed E-state index contributed by atoms with van der Waals surface area (Å²) < 4.78 is 7.73. The molecule has 0 saturated heterocycles. The third kappa shape index (κ3) is 7.95. The number of aliphatic carboxylic acids is 2. The summed E-state index contributed by atoms with van der Waals surface area (Å²) >= 11 is 0. The van der Waals surface area contributed by atoms with Crippen LogP contribution in [0.1, 0.15) is 11.1 Å². The maximum atomic E-state index is 10.6. The lowest BCUT2D eigenvalue weighted by Gasteiger charge is -2.16. The van der Waals surface area contributed by atoms with Gasteiger partial charge in [0, 0.05) is 6.54 Å². The zero-order chi connectivity index (χ0) is 25.0. The minimum absolute atomic E-state index is 0.263. The summed E-state index contributed by atoms with van der Waals surface area (Å²) in [4.78, 5) is 22.9. The number of aliphatic hydroxyl groups is 1. The molecule has 4 aromatic rings. The molecule has 0 saturated carbocycles. The standard InChI is InChI=1S/C24H25N3O2.C2H2O4/c28-21(18-29-17-20-11-5-2-6-12-20)16-27-23-14-8-7-13-22(23)26-24(27)25-15-19-9-3-1-4-10-19;3-1(4)2(5)6/h1-14,21,28H,15-18H2,(H,25,26);(H,3,4)(H,5,6). The van der Waals surface area contributed by atoms with Crippen molar-refractivity contribution >= 4 is 28.9 Å². The second-order valence-corrected chi connectivity index (χ2v) is 7.64. The van der Waals surface area contributed by atoms with Crippen LogP contribution >= 0.6 is 0 Å². The Kier molecular flexibility index (Phi) is 9.35. The highest BCUT2D eigenvalue weighted by Crippen LogP contribution is 2.21. The number of hydrogen-bond acceptors (Lipinski definition) is 6. The first-order valence-corrected chi connectivity index (χ1v) is 10.9. The Morgan fingerprint density at radius 1 is 0.857 bits per heavy atom. The van der Waals surface area contributed by atoms with E-state index in [0.717, 1.165) is 22.5 Å². The van der Waals surface area contributed by atoms with Crippen LogP contribution in [0.3, 0.4) is 0 Å². The molecule has 0 bridgehead atoms. The molecule has 0 aliphatic carbocycles. The average molecular weight is 478 g/mol. The number of nitrogens with zero attached hydrogens (tertiary/aromatic N) is 2. The molecule has 35 heavy (non-hydrogen) atoms. The van der Waals surface area contributed by atoms with Gasteiger partial charge in [-0.05, 0) is 23.3 Å². The minimum Gasteiger partial charge on any atom is -0.473 e. The van der Waals surface area contributed by atoms with E-state index in [9.17, 15) is 5.11 Å². The summed E-state index contributed by atoms with van der Waals surface area (Å²) in [6.45, 7) is 1.83. The molecule has 1 aromatic heterocycles. The van der Waals surface area contributed by atoms with E-state index in [-0.39, 0.29) is 6.61 Å². The molecule has 4 rings (SSSR count). The lowest BCUT2D eigenvalue weighted by Crippen LogP contribution is -2.23. The number of benzene rings is 3. The number of para-hydroxylation sites is 2. The van der Waals surface area contributed by atoms with Crippen LogP contribution in [-0.2, 0) is 34.0 Å². The van der Waals surface area contributed by atoms with Gasteiger partial charge in [-0.15, -0.1) is 0 Å². The van der Waals surface area contributed by atoms with Crippen molar-refractivity contribution in [2.75, 3.05) is 11.9 Å². The Bertz CT molecular complexity index is 1220. The Hall–Kier alpha value is -4.21. The molecule has 0 fully saturated rings. The van der Waals surface area contributed by atoms with Gasteiger partial charge >= 0.3 is 11.9 Å². The second-order valence-electron chi connectivity index (χ2n) is 7.64. The normalized spacial score (nSPS) is 11.3. The molecule has 1 atom stereocenters. The van der Waals surface area contributed by atoms with Crippen molar-refractivity contribution in [1.29, 1.82) is 0 Å². The van der Waals surface area contributed by atoms with E-state index < -0.39 is 18.0 Å². The molecule has 182 valence electrons. The van der Waals surface area contributed by atoms with E-state index in [0.29, 0.717) is 19.7 Å². The van der Waals surface area contributed by atoms with Crippen LogP contribution in [0.25, 0.3) is 11.0 Å². The van der Waals surface area contributed by atoms with Crippen molar-refractivity contribution < 1.29 is 29.6 Å². The Balaban J connectivity index is 0.000000509. The molecule has 0 spiro atoms. The summed E-state index contributed by atoms with van der Waals surface area (Å²) in [7, 11) is 0. The van der Waals surface area contributed by atoms with Crippen LogP contribution in [0.5, 0.6) is 0 Å². The SMILES string of the molecule is O=C(O)C(=O)O.OC(COCc1ccccc1)Cn1c(NCc2ccccc2)nc2ccccc21. The molecule has 1 heterocycles. The van der Waals surface area contributed by atoms with Gasteiger partial charge < -0.3 is 29.9 Å². The molecule has 4 N–H and O–H groups in total. The number of carboxylic acids is 2. The summed E-state index contributed by atoms with van der Waals surface area (Å²) in [5.41, 5.74) is 4.17. The summed E-state index contributed by atoms with van der Waals surface area (Å²) in [5, 5.41) is 28.8. The van der Waals surface area contributed by atoms with Crippen LogP contribution < -0.4 is 5.32 Å². The van der Waals surface area contributed by atoms with Gasteiger partial charge in [-0.2, -0.15) is 0 Å². The van der Waals surface area contributed by atoms with Crippen molar-refractivity contribution in [3.05, 3.63) is 96.1 Å². The average Bonchev–Trinajstić information content (AvgIpc) is 3.21. The van der Waals surface area contributed by atoms with Gasteiger partial charge in [0.1, 0.15) is 0 Å². The topological polar surface area (TPSA) is 134 Å². The van der Waals surface area contributed by atoms with Crippen molar-refractivity contribution in [2.45, 2.75) is 25.8 Å². The predicted octanol–water partition coefficient (Wildman–Crippen LogP) is 3.38. The van der Waals surface area contributed by atoms with Crippen molar-refractivity contribution in [1.82, 2.24) is 9.55 Å². The number of carbonyl (C=O) groups is 2. The zero-order valence-electron chi connectivity index (χ0n) is 18.9. The third-order valence-corrected chi connectivity index (χ3v) is 4.95. The number of anilines is 1. The molecule has 9 heteroatoms. The van der Waals surface area contributed by atoms with Gasteiger partial charge in [0.15, 0.2) is 0 Å². The summed E-state index contributed by atoms with van der Waals surface area (Å²) in [5.74, 6) is -2.90. The summed E-state index contributed by atoms with van der Waals surface area (Å²) in [6, 6.07) is 28.1. The van der Waals surface area contributed by atoms with Crippen LogP contribution in [-0.4, -0.2) is 49.5 Å². The first-order chi connectivity index (χ1) is 16.9. The smallest absolute Gasteiger partial charge is 0.414 e. The number of aliphatic hydroxyl groups excluding tert-OH is 1. The molecular formula is C26H27N3O6. The Morgan fingerprint density at radius 2 is 1.43 bits per heavy atom. The maximum Gasteiger partial charge on any atom is 0.414 e. The van der Waals surface area contributed by atoms with Crippen molar-refractivity contribution in [2.24, 2.45) is 0 Å². The number of carboxylic acid groups (broad SMARTS) is 2. The highest BCUT2D eigenvalue weighted by Gasteiger charge is 2.14. The number of aromatic nitrogens is 2. The fourth-order valence-corrected chi connectivity index (χ4v) is 3.32. The van der Waals surface area contributed by atoms with E-state index in [1.165, 1.54) is 5.56 Å². The fraction of sp³-hybridized carbons (Fsp3) is 0.192. The third-order valence-electron chi connectivity index (χ3n) is 4.95. The minimum atomic E-state index is -1.82. The number of ether oxygens (including phenoxy) is 1. The number of nitrogens with one attached hydrogen (secondary N) is 1. The van der Waals surface area contributed by atoms with E-state index >= 15 is 0 Å². The van der Waals surface area contributed by atoms with Crippen LogP contribution in [0.4, 0.5) is 5.95 Å². The molecule has 0 amide bonds. The second kappa shape index (κ2) is 12.9. The lowest BCUT2D eigenvalue weighted by molar-refractivity contribution is -0.159. The maximum absolute atomic E-state index is 10.6. The zero-order valence-corrected chi connectivity index (χ0v) is 18.9. The molecule has 0 radical (unpaired) electrons. The van der Waals surface area contributed by atoms with Crippen molar-refractivity contribution in [3.8, 4) is 0 Å². The van der Waals surface area contributed by atoms with Gasteiger partial charge in [0.05, 0.1) is 36.9 Å². The van der Waals surface area contributed by atoms with Crippen molar-refractivity contribution in [3.63, 3.8) is 0 Å². The van der Waals surface area contributed by atoms with Crippen LogP contribution in [0.15, 0.2) is 84.9 Å². The van der Waals surface area contributed by atoms with Gasteiger partial charge in [-0.25, -0.2) is 14.6 Å². The van der Waals surface area contributed by atoms with Gasteiger partial charge in [0.25, 0.3) is 0 Å². The van der Waals surface area contributed by atoms with E-state index in [1.807, 2.05) is 77.4 Å². The number of fused-ring (bicyclic) bond motifs is 1. The highest BCUT2D eigenvalue weighted by molar-refractivity contribution is 6.27. The Morgan fingerprint density at radius 3 is 2.06 bits per heavy atom. The van der Waals surface area contributed by atoms with E-state index in [2.05, 4.69) is 17.4 Å². The summed E-state index contributed by atoms with van der Waals surface area (Å²) in [6.07, 6.45) is -0.631. The van der Waals surface area contributed by atoms with Crippen LogP contribution in [0.2, 0.25) is 0 Å². The molecule has 1 unspecified atom stereocenters. The quantitative estimate of drug-likeness (QED) is 0.270. The predicted molar refractivity (Wildman–Crippen MR) is 131 cm³/mol. The molecule has 0 aliphatic rings. The molecule has 0 aliphatic heterocycles. The van der Waals surface area contributed by atoms with E-state index in [4.69, 9.17) is 29.5 Å². The lowest BCUT2D eigenvalue weighted by atomic mass is 10.2. The highest BCUT2D eigenvalue weighted by atomic mass is 16.5. The monoisotopic (exact) mass is 477 g/mol. The molecule has 9 nitrogen and oxygen atoms in total. The number of hydrogen-bond donors (Lipinski definition) is 4. The Labute approximate surface area is 202 Å². The van der Waals surface area contributed by atoms with Gasteiger partial charge in [0.2, 0.25) is 5.95 Å².